The molecule has 4 amide bonds. The first-order valence-electron chi connectivity index (χ1n) is 53.7. The smallest absolute Gasteiger partial charge is 0.290 e. The molecule has 20 rings (SSSR count). The van der Waals surface area contributed by atoms with Crippen molar-refractivity contribution in [3.63, 3.8) is 0 Å². The summed E-state index contributed by atoms with van der Waals surface area (Å²) in [6.45, 7) is 0.775. The van der Waals surface area contributed by atoms with Crippen LogP contribution in [-0.4, -0.2) is 239 Å². The minimum Gasteiger partial charge on any atom is -0.382 e. The molecule has 744 valence electrons. The van der Waals surface area contributed by atoms with Gasteiger partial charge in [-0.15, -0.1) is 0 Å². The molecule has 16 heterocycles. The third kappa shape index (κ3) is 21.7. The van der Waals surface area contributed by atoms with Gasteiger partial charge in [0.1, 0.15) is 69.3 Å². The van der Waals surface area contributed by atoms with Crippen LogP contribution in [0.3, 0.4) is 0 Å². The van der Waals surface area contributed by atoms with Crippen molar-refractivity contribution < 1.29 is 80.4 Å². The van der Waals surface area contributed by atoms with Crippen LogP contribution in [0.1, 0.15) is 134 Å². The summed E-state index contributed by atoms with van der Waals surface area (Å²) in [7, 11) is 0.261. The summed E-state index contributed by atoms with van der Waals surface area (Å²) in [5, 5.41) is 28.6. The van der Waals surface area contributed by atoms with E-state index in [1.165, 1.54) is 87.6 Å². The Morgan fingerprint density at radius 3 is 0.861 bits per heavy atom. The van der Waals surface area contributed by atoms with E-state index in [4.69, 9.17) is 43.6 Å². The van der Waals surface area contributed by atoms with E-state index < -0.39 is 126 Å². The predicted molar refractivity (Wildman–Crippen MR) is 525 cm³/mol. The zero-order chi connectivity index (χ0) is 117. The van der Waals surface area contributed by atoms with Crippen molar-refractivity contribution in [3.05, 3.63) is 285 Å². The molecule has 16 aromatic rings. The van der Waals surface area contributed by atoms with Gasteiger partial charge in [-0.1, -0.05) is 48.5 Å². The number of ether oxygens (including phenoxy) is 4. The summed E-state index contributed by atoms with van der Waals surface area (Å²) in [6.07, 6.45) is 18.9. The van der Waals surface area contributed by atoms with Crippen molar-refractivity contribution in [2.45, 2.75) is 132 Å². The molecule has 4 aromatic carbocycles. The zero-order valence-corrected chi connectivity index (χ0v) is 79.6. The summed E-state index contributed by atoms with van der Waals surface area (Å²) in [5.74, 6) is -1.65. The van der Waals surface area contributed by atoms with Crippen LogP contribution in [0.4, 0.5) is 64.6 Å². The number of nitrogens with one attached hydrogen (secondary N) is 4. The molecule has 0 bridgehead atoms. The van der Waals surface area contributed by atoms with Crippen molar-refractivity contribution in [3.8, 4) is 45.6 Å². The van der Waals surface area contributed by atoms with Gasteiger partial charge in [-0.3, -0.25) is 37.9 Å². The predicted octanol–water partition coefficient (Wildman–Crippen LogP) is 13.0. The minimum absolute atomic E-state index is 0.0192. The summed E-state index contributed by atoms with van der Waals surface area (Å²) >= 11 is 0. The number of carbonyl (C=O) groups excluding carboxylic acids is 4. The number of nitrogens with zero attached hydrogens (tertiary/aromatic N) is 28. The van der Waals surface area contributed by atoms with Crippen molar-refractivity contribution in [1.82, 2.24) is 137 Å². The topological polar surface area (TPSA) is 412 Å². The molecule has 0 saturated carbocycles. The number of amides is 4. The number of benzene rings is 4. The second-order valence-electron chi connectivity index (χ2n) is 34.2. The summed E-state index contributed by atoms with van der Waals surface area (Å²) < 4.78 is 235. The highest BCUT2D eigenvalue weighted by Gasteiger charge is 2.41. The van der Waals surface area contributed by atoms with Crippen LogP contribution in [0, 0.1) is 78.6 Å². The van der Waals surface area contributed by atoms with Crippen LogP contribution < -0.4 is 21.3 Å². The zero-order valence-electron chi connectivity index (χ0n) is 97.6. The Bertz CT molecular complexity index is 8270. The fourth-order valence-corrected chi connectivity index (χ4v) is 16.1. The summed E-state index contributed by atoms with van der Waals surface area (Å²) in [5.41, 5.74) is 6.32. The molecule has 0 aliphatic carbocycles. The maximum Gasteiger partial charge on any atom is 0.290 e. The molecule has 40 nitrogen and oxygen atoms in total. The number of methoxy groups -OCH3 is 4. The second kappa shape index (κ2) is 42.9. The molecule has 0 unspecified atom stereocenters. The summed E-state index contributed by atoms with van der Waals surface area (Å²) in [4.78, 5) is 113. The van der Waals surface area contributed by atoms with Crippen molar-refractivity contribution >= 4 is 70.7 Å². The first-order valence-corrected chi connectivity index (χ1v) is 44.7. The molecular formula is C100H108F4N32O8. The SMILES string of the molecule is [2H]C([2H])([2H])OC[C@H]1Cn2cc(-c3nc(Nc4ccnn4C)ncc3C([2H])([2H])[2H])nc2C(=O)N1C([2H])([2H])c1ccc(C)c(F)c1.[2H]C([2H])([2H])OC[C@H]1Cn2cc(-c3nc(Nc4ccnn4C)ncc3C)nc2C(=O)N1C([2H])([2H])c1ccc(C)c(F)c1.[2H]C([2H])([2H])OC[C@H]1Cn2cc(-c3nc(Nc4ccnn4C)ncc3C)nc2C(=O)N1Cc1ccc(C)c(F)c1.[2H]C([2H])(c1ccc(C)c(F)c1)N1C(=O)c2nc(-c3nc(Nc4ccnn4C)ncc3C)cn2C[C@@H]1COC. The molecule has 144 heavy (non-hydrogen) atoms. The summed E-state index contributed by atoms with van der Waals surface area (Å²) in [6, 6.07) is 19.8. The van der Waals surface area contributed by atoms with E-state index >= 15 is 0 Å². The van der Waals surface area contributed by atoms with E-state index in [9.17, 15) is 36.7 Å². The maximum absolute atomic E-state index is 14.5. The van der Waals surface area contributed by atoms with Gasteiger partial charge in [-0.25, -0.2) is 77.4 Å². The third-order valence-corrected chi connectivity index (χ3v) is 23.9. The van der Waals surface area contributed by atoms with Gasteiger partial charge in [0.25, 0.3) is 23.6 Å². The van der Waals surface area contributed by atoms with Crippen molar-refractivity contribution in [1.29, 1.82) is 0 Å². The number of anilines is 8. The maximum atomic E-state index is 14.5. The Balaban J connectivity index is 0.000000145. The number of rotatable bonds is 28. The molecule has 0 radical (unpaired) electrons. The van der Waals surface area contributed by atoms with Crippen LogP contribution >= 0.6 is 0 Å². The number of hydrogen-bond acceptors (Lipinski definition) is 28. The highest BCUT2D eigenvalue weighted by Crippen LogP contribution is 2.35. The first-order chi connectivity index (χ1) is 76.3. The number of aromatic nitrogens is 24. The largest absolute Gasteiger partial charge is 0.382 e. The van der Waals surface area contributed by atoms with E-state index in [0.717, 1.165) is 50.2 Å². The Kier molecular flexibility index (Phi) is 23.3. The Hall–Kier alpha value is -16.5. The molecule has 0 fully saturated rings. The average Bonchev–Trinajstić information content (AvgIpc) is 1.58. The van der Waals surface area contributed by atoms with Gasteiger partial charge in [-0.05, 0) is 146 Å². The van der Waals surface area contributed by atoms with Crippen LogP contribution in [-0.2, 0) is 99.4 Å². The quantitative estimate of drug-likeness (QED) is 0.0331. The monoisotopic (exact) mass is 1980 g/mol. The molecular weight excluding hydrogens is 1850 g/mol. The van der Waals surface area contributed by atoms with Crippen molar-refractivity contribution in [2.75, 3.05) is 75.9 Å². The highest BCUT2D eigenvalue weighted by atomic mass is 19.1. The second-order valence-corrected chi connectivity index (χ2v) is 34.2. The number of halogens is 4. The lowest BCUT2D eigenvalue weighted by Crippen LogP contribution is -2.49. The molecule has 0 saturated heterocycles. The fraction of sp³-hybridized carbons (Fsp3) is 0.320. The highest BCUT2D eigenvalue weighted by molar-refractivity contribution is 5.95. The number of aryl methyl sites for hydroxylation is 12. The van der Waals surface area contributed by atoms with E-state index in [2.05, 4.69) is 101 Å². The standard InChI is InChI=1S/4C25H27FN8O2/c4*1-15-5-6-17(9-19(15)26)11-34-18(14-36-4)12-33-13-20(29-23(33)24(34)35)22-16(2)10-27-25(31-22)30-21-7-8-28-32(21)3/h4*5-10,13,18H,11-12,14H2,1-4H3,(H,27,30,31)/t4*18-/m1111/s1/i2D3,4D3,11D2;4D3,11D2;11D2;4D3. The molecule has 4 atom stereocenters. The van der Waals surface area contributed by atoms with Crippen LogP contribution in [0.2, 0.25) is 0 Å². The number of hydrogen-bond donors (Lipinski definition) is 4. The third-order valence-electron chi connectivity index (χ3n) is 23.9. The van der Waals surface area contributed by atoms with Gasteiger partial charge < -0.3 is 78.1 Å². The van der Waals surface area contributed by atoms with Gasteiger partial charge in [0.15, 0.2) is 23.3 Å². The van der Waals surface area contributed by atoms with E-state index in [1.807, 2.05) is 13.8 Å². The number of imidazole rings is 4. The number of carbonyl (C=O) groups is 4. The van der Waals surface area contributed by atoms with Gasteiger partial charge in [-0.2, -0.15) is 20.4 Å². The normalized spacial score (nSPS) is 17.8. The molecule has 4 aliphatic rings. The van der Waals surface area contributed by atoms with Crippen LogP contribution in [0.25, 0.3) is 45.6 Å². The lowest BCUT2D eigenvalue weighted by molar-refractivity contribution is 0.0376. The average molecular weight is 1980 g/mol. The van der Waals surface area contributed by atoms with E-state index in [1.54, 1.807) is 171 Å². The van der Waals surface area contributed by atoms with E-state index in [0.29, 0.717) is 97.1 Å². The van der Waals surface area contributed by atoms with E-state index in [-0.39, 0.29) is 126 Å². The van der Waals surface area contributed by atoms with Gasteiger partial charge in [0.2, 0.25) is 23.8 Å². The molecule has 12 aromatic heterocycles. The lowest BCUT2D eigenvalue weighted by Gasteiger charge is -2.35. The minimum atomic E-state index is -2.84. The Morgan fingerprint density at radius 1 is 0.340 bits per heavy atom. The lowest BCUT2D eigenvalue weighted by atomic mass is 10.1. The van der Waals surface area contributed by atoms with Crippen LogP contribution in [0.15, 0.2) is 171 Å². The van der Waals surface area contributed by atoms with Crippen LogP contribution in [0.5, 0.6) is 0 Å². The molecule has 0 spiro atoms. The number of fused-ring (bicyclic) bond motifs is 4. The fourth-order valence-electron chi connectivity index (χ4n) is 16.1. The van der Waals surface area contributed by atoms with Gasteiger partial charge >= 0.3 is 0 Å². The molecule has 4 aliphatic heterocycles. The van der Waals surface area contributed by atoms with Gasteiger partial charge in [0.05, 0.1) is 119 Å². The van der Waals surface area contributed by atoms with Gasteiger partial charge in [0, 0.05) is 187 Å². The van der Waals surface area contributed by atoms with Crippen molar-refractivity contribution in [2.24, 2.45) is 28.2 Å². The molecule has 4 N–H and O–H groups in total. The Morgan fingerprint density at radius 2 is 0.597 bits per heavy atom. The molecule has 44 heteroatoms. The first kappa shape index (κ1) is 78.2. The Labute approximate surface area is 850 Å².